The van der Waals surface area contributed by atoms with Gasteiger partial charge in [-0.1, -0.05) is 26.0 Å². The predicted octanol–water partition coefficient (Wildman–Crippen LogP) is 1.31. The second-order valence-electron chi connectivity index (χ2n) is 3.96. The first-order valence-corrected chi connectivity index (χ1v) is 7.41. The summed E-state index contributed by atoms with van der Waals surface area (Å²) in [5.74, 6) is -0.955. The van der Waals surface area contributed by atoms with Gasteiger partial charge in [0.25, 0.3) is 0 Å². The number of rotatable bonds is 7. The van der Waals surface area contributed by atoms with Crippen LogP contribution in [0.3, 0.4) is 0 Å². The van der Waals surface area contributed by atoms with Crippen molar-refractivity contribution in [2.45, 2.75) is 20.3 Å². The maximum atomic E-state index is 12.0. The first kappa shape index (κ1) is 15.5. The highest BCUT2D eigenvalue weighted by Crippen LogP contribution is 2.14. The molecular weight excluding hydrogens is 268 g/mol. The van der Waals surface area contributed by atoms with Gasteiger partial charge in [0.05, 0.1) is 12.1 Å². The molecule has 6 nitrogen and oxygen atoms in total. The minimum atomic E-state index is -3.58. The zero-order chi connectivity index (χ0) is 14.5. The van der Waals surface area contributed by atoms with Gasteiger partial charge in [-0.25, -0.2) is 0 Å². The number of anilines is 1. The average molecular weight is 286 g/mol. The molecule has 0 radical (unpaired) electrons. The highest BCUT2D eigenvalue weighted by atomic mass is 32.2. The van der Waals surface area contributed by atoms with E-state index in [1.807, 2.05) is 0 Å². The van der Waals surface area contributed by atoms with E-state index < -0.39 is 16.2 Å². The SMILES string of the molecule is CCN(CC)S(=O)(=O)Nc1cccc(CC(=O)O)c1. The maximum Gasteiger partial charge on any atom is 0.307 e. The van der Waals surface area contributed by atoms with Gasteiger partial charge in [-0.15, -0.1) is 0 Å². The molecule has 0 spiro atoms. The summed E-state index contributed by atoms with van der Waals surface area (Å²) < 4.78 is 27.7. The molecule has 0 amide bonds. The molecule has 0 bridgehead atoms. The lowest BCUT2D eigenvalue weighted by Crippen LogP contribution is -2.35. The van der Waals surface area contributed by atoms with Crippen molar-refractivity contribution >= 4 is 21.9 Å². The van der Waals surface area contributed by atoms with E-state index in [0.717, 1.165) is 0 Å². The molecule has 0 saturated carbocycles. The van der Waals surface area contributed by atoms with Gasteiger partial charge in [0.15, 0.2) is 0 Å². The van der Waals surface area contributed by atoms with E-state index in [2.05, 4.69) is 4.72 Å². The minimum Gasteiger partial charge on any atom is -0.481 e. The van der Waals surface area contributed by atoms with Gasteiger partial charge in [-0.2, -0.15) is 12.7 Å². The first-order chi connectivity index (χ1) is 8.89. The Morgan fingerprint density at radius 1 is 1.32 bits per heavy atom. The number of hydrogen-bond donors (Lipinski definition) is 2. The number of carboxylic acids is 1. The second-order valence-corrected chi connectivity index (χ2v) is 5.63. The Bertz CT molecular complexity index is 538. The summed E-state index contributed by atoms with van der Waals surface area (Å²) in [6.07, 6.45) is -0.138. The molecule has 106 valence electrons. The largest absolute Gasteiger partial charge is 0.481 e. The summed E-state index contributed by atoms with van der Waals surface area (Å²) in [7, 11) is -3.58. The van der Waals surface area contributed by atoms with Crippen LogP contribution in [0.2, 0.25) is 0 Å². The Balaban J connectivity index is 2.90. The van der Waals surface area contributed by atoms with E-state index in [9.17, 15) is 13.2 Å². The van der Waals surface area contributed by atoms with Crippen LogP contribution < -0.4 is 4.72 Å². The van der Waals surface area contributed by atoms with Gasteiger partial charge < -0.3 is 5.11 Å². The fourth-order valence-electron chi connectivity index (χ4n) is 1.70. The maximum absolute atomic E-state index is 12.0. The third-order valence-corrected chi connectivity index (χ3v) is 4.26. The quantitative estimate of drug-likeness (QED) is 0.791. The average Bonchev–Trinajstić information content (AvgIpc) is 2.28. The Morgan fingerprint density at radius 2 is 1.95 bits per heavy atom. The number of nitrogens with one attached hydrogen (secondary N) is 1. The van der Waals surface area contributed by atoms with Crippen molar-refractivity contribution in [3.8, 4) is 0 Å². The number of carboxylic acid groups (broad SMARTS) is 1. The molecule has 0 unspecified atom stereocenters. The Labute approximate surface area is 113 Å². The zero-order valence-electron chi connectivity index (χ0n) is 11.0. The molecule has 19 heavy (non-hydrogen) atoms. The molecule has 0 aliphatic rings. The lowest BCUT2D eigenvalue weighted by molar-refractivity contribution is -0.136. The number of benzene rings is 1. The van der Waals surface area contributed by atoms with Crippen molar-refractivity contribution in [3.05, 3.63) is 29.8 Å². The molecule has 0 heterocycles. The highest BCUT2D eigenvalue weighted by Gasteiger charge is 2.18. The van der Waals surface area contributed by atoms with Gasteiger partial charge in [-0.05, 0) is 17.7 Å². The molecular formula is C12H18N2O4S. The van der Waals surface area contributed by atoms with E-state index in [1.165, 1.54) is 10.4 Å². The van der Waals surface area contributed by atoms with E-state index in [1.54, 1.807) is 32.0 Å². The minimum absolute atomic E-state index is 0.138. The van der Waals surface area contributed by atoms with Crippen molar-refractivity contribution in [2.75, 3.05) is 17.8 Å². The molecule has 0 aliphatic carbocycles. The van der Waals surface area contributed by atoms with Crippen LogP contribution in [0.1, 0.15) is 19.4 Å². The predicted molar refractivity (Wildman–Crippen MR) is 73.2 cm³/mol. The van der Waals surface area contributed by atoms with Crippen LogP contribution in [-0.4, -0.2) is 36.9 Å². The van der Waals surface area contributed by atoms with Crippen molar-refractivity contribution in [2.24, 2.45) is 0 Å². The number of carbonyl (C=O) groups is 1. The fraction of sp³-hybridized carbons (Fsp3) is 0.417. The third-order valence-electron chi connectivity index (χ3n) is 2.57. The molecule has 0 atom stereocenters. The van der Waals surface area contributed by atoms with Crippen LogP contribution in [0.5, 0.6) is 0 Å². The molecule has 2 N–H and O–H groups in total. The second kappa shape index (κ2) is 6.53. The lowest BCUT2D eigenvalue weighted by atomic mass is 10.1. The molecule has 0 aromatic heterocycles. The van der Waals surface area contributed by atoms with Crippen LogP contribution in [0.15, 0.2) is 24.3 Å². The van der Waals surface area contributed by atoms with Crippen molar-refractivity contribution in [1.29, 1.82) is 0 Å². The third kappa shape index (κ3) is 4.53. The van der Waals surface area contributed by atoms with E-state index in [4.69, 9.17) is 5.11 Å². The molecule has 0 saturated heterocycles. The van der Waals surface area contributed by atoms with Crippen molar-refractivity contribution in [1.82, 2.24) is 4.31 Å². The summed E-state index contributed by atoms with van der Waals surface area (Å²) in [5.41, 5.74) is 0.915. The lowest BCUT2D eigenvalue weighted by Gasteiger charge is -2.19. The van der Waals surface area contributed by atoms with Gasteiger partial charge in [0, 0.05) is 13.1 Å². The summed E-state index contributed by atoms with van der Waals surface area (Å²) in [6.45, 7) is 4.26. The number of aliphatic carboxylic acids is 1. The normalized spacial score (nSPS) is 11.5. The van der Waals surface area contributed by atoms with Crippen LogP contribution in [0.4, 0.5) is 5.69 Å². The van der Waals surface area contributed by atoms with Crippen LogP contribution in [0.25, 0.3) is 0 Å². The fourth-order valence-corrected chi connectivity index (χ4v) is 2.93. The van der Waals surface area contributed by atoms with E-state index in [0.29, 0.717) is 24.3 Å². The van der Waals surface area contributed by atoms with Gasteiger partial charge >= 0.3 is 16.2 Å². The molecule has 1 aromatic rings. The highest BCUT2D eigenvalue weighted by molar-refractivity contribution is 7.90. The molecule has 0 aliphatic heterocycles. The van der Waals surface area contributed by atoms with Crippen molar-refractivity contribution < 1.29 is 18.3 Å². The van der Waals surface area contributed by atoms with E-state index >= 15 is 0 Å². The van der Waals surface area contributed by atoms with Crippen LogP contribution in [-0.2, 0) is 21.4 Å². The number of hydrogen-bond acceptors (Lipinski definition) is 3. The standard InChI is InChI=1S/C12H18N2O4S/c1-3-14(4-2)19(17,18)13-11-7-5-6-10(8-11)9-12(15)16/h5-8,13H,3-4,9H2,1-2H3,(H,15,16). The Morgan fingerprint density at radius 3 is 2.47 bits per heavy atom. The first-order valence-electron chi connectivity index (χ1n) is 5.97. The van der Waals surface area contributed by atoms with Crippen LogP contribution >= 0.6 is 0 Å². The number of nitrogens with zero attached hydrogens (tertiary/aromatic N) is 1. The van der Waals surface area contributed by atoms with Gasteiger partial charge in [0.1, 0.15) is 0 Å². The monoisotopic (exact) mass is 286 g/mol. The topological polar surface area (TPSA) is 86.7 Å². The van der Waals surface area contributed by atoms with Crippen molar-refractivity contribution in [3.63, 3.8) is 0 Å². The van der Waals surface area contributed by atoms with Crippen LogP contribution in [0, 0.1) is 0 Å². The van der Waals surface area contributed by atoms with E-state index in [-0.39, 0.29) is 6.42 Å². The molecule has 0 fully saturated rings. The molecule has 1 aromatic carbocycles. The van der Waals surface area contributed by atoms with Gasteiger partial charge in [0.2, 0.25) is 0 Å². The summed E-state index contributed by atoms with van der Waals surface area (Å²) >= 11 is 0. The smallest absolute Gasteiger partial charge is 0.307 e. The Kier molecular flexibility index (Phi) is 5.31. The summed E-state index contributed by atoms with van der Waals surface area (Å²) in [6, 6.07) is 6.38. The molecule has 7 heteroatoms. The Hall–Kier alpha value is -1.60. The van der Waals surface area contributed by atoms with Gasteiger partial charge in [-0.3, -0.25) is 9.52 Å². The summed E-state index contributed by atoms with van der Waals surface area (Å²) in [4.78, 5) is 10.6. The zero-order valence-corrected chi connectivity index (χ0v) is 11.8. The summed E-state index contributed by atoms with van der Waals surface area (Å²) in [5, 5.41) is 8.71. The molecule has 1 rings (SSSR count).